The Bertz CT molecular complexity index is 647. The normalized spacial score (nSPS) is 10.4. The van der Waals surface area contributed by atoms with Crippen LogP contribution in [0.25, 0.3) is 0 Å². The van der Waals surface area contributed by atoms with Crippen molar-refractivity contribution in [3.05, 3.63) is 63.7 Å². The van der Waals surface area contributed by atoms with Gasteiger partial charge in [-0.15, -0.1) is 0 Å². The van der Waals surface area contributed by atoms with Crippen molar-refractivity contribution in [3.63, 3.8) is 0 Å². The Morgan fingerprint density at radius 2 is 1.80 bits per heavy atom. The fourth-order valence-corrected chi connectivity index (χ4v) is 2.24. The van der Waals surface area contributed by atoms with E-state index in [1.807, 2.05) is 45.0 Å². The van der Waals surface area contributed by atoms with Crippen molar-refractivity contribution in [2.45, 2.75) is 20.8 Å². The second-order valence-electron chi connectivity index (χ2n) is 4.94. The average Bonchev–Trinajstić information content (AvgIpc) is 2.39. The average molecular weight is 289 g/mol. The van der Waals surface area contributed by atoms with Crippen LogP contribution in [-0.2, 0) is 0 Å². The molecule has 0 fully saturated rings. The second-order valence-corrected chi connectivity index (χ2v) is 5.38. The third-order valence-corrected chi connectivity index (χ3v) is 3.43. The zero-order chi connectivity index (χ0) is 14.7. The van der Waals surface area contributed by atoms with E-state index < -0.39 is 0 Å². The molecule has 0 amide bonds. The smallest absolute Gasteiger partial charge is 0.200 e. The monoisotopic (exact) mass is 288 g/mol. The molecule has 2 aromatic rings. The number of rotatable bonds is 4. The van der Waals surface area contributed by atoms with Crippen LogP contribution in [0.4, 0.5) is 0 Å². The van der Waals surface area contributed by atoms with Gasteiger partial charge in [0.15, 0.2) is 12.4 Å². The number of hydrogen-bond acceptors (Lipinski definition) is 2. The lowest BCUT2D eigenvalue weighted by Gasteiger charge is -2.10. The molecule has 0 aliphatic carbocycles. The Balaban J connectivity index is 2.10. The van der Waals surface area contributed by atoms with E-state index in [1.165, 1.54) is 0 Å². The number of halogens is 1. The number of Topliss-reactive ketones (excluding diaryl/α,β-unsaturated/α-hetero) is 1. The molecule has 104 valence electrons. The van der Waals surface area contributed by atoms with E-state index in [9.17, 15) is 4.79 Å². The van der Waals surface area contributed by atoms with Gasteiger partial charge in [0.05, 0.1) is 0 Å². The zero-order valence-electron chi connectivity index (χ0n) is 11.9. The molecule has 0 aliphatic heterocycles. The van der Waals surface area contributed by atoms with E-state index in [2.05, 4.69) is 0 Å². The number of benzene rings is 2. The first-order valence-electron chi connectivity index (χ1n) is 6.47. The lowest BCUT2D eigenvalue weighted by molar-refractivity contribution is 0.0920. The van der Waals surface area contributed by atoms with E-state index in [0.29, 0.717) is 16.3 Å². The fourth-order valence-electron chi connectivity index (χ4n) is 2.08. The maximum atomic E-state index is 12.2. The highest BCUT2D eigenvalue weighted by molar-refractivity contribution is 6.30. The highest BCUT2D eigenvalue weighted by Crippen LogP contribution is 2.23. The molecular weight excluding hydrogens is 272 g/mol. The maximum absolute atomic E-state index is 12.2. The molecule has 3 heteroatoms. The molecule has 2 rings (SSSR count). The van der Waals surface area contributed by atoms with Gasteiger partial charge in [0.1, 0.15) is 5.75 Å². The summed E-state index contributed by atoms with van der Waals surface area (Å²) in [6.45, 7) is 5.89. The van der Waals surface area contributed by atoms with Crippen molar-refractivity contribution < 1.29 is 9.53 Å². The quantitative estimate of drug-likeness (QED) is 0.773. The maximum Gasteiger partial charge on any atom is 0.200 e. The summed E-state index contributed by atoms with van der Waals surface area (Å²) in [7, 11) is 0. The molecule has 0 heterocycles. The highest BCUT2D eigenvalue weighted by Gasteiger charge is 2.11. The first kappa shape index (κ1) is 14.6. The van der Waals surface area contributed by atoms with E-state index in [0.717, 1.165) is 16.7 Å². The van der Waals surface area contributed by atoms with Crippen LogP contribution in [-0.4, -0.2) is 12.4 Å². The number of aryl methyl sites for hydroxylation is 3. The molecule has 0 aromatic heterocycles. The number of hydrogen-bond donors (Lipinski definition) is 0. The minimum Gasteiger partial charge on any atom is -0.485 e. The minimum atomic E-state index is -0.0260. The summed E-state index contributed by atoms with van der Waals surface area (Å²) in [6, 6.07) is 11.2. The molecule has 2 nitrogen and oxygen atoms in total. The molecule has 0 aliphatic rings. The van der Waals surface area contributed by atoms with Crippen LogP contribution in [0.15, 0.2) is 36.4 Å². The van der Waals surface area contributed by atoms with Gasteiger partial charge < -0.3 is 4.74 Å². The van der Waals surface area contributed by atoms with Gasteiger partial charge in [-0.25, -0.2) is 0 Å². The lowest BCUT2D eigenvalue weighted by Crippen LogP contribution is -2.13. The Kier molecular flexibility index (Phi) is 4.46. The fraction of sp³-hybridized carbons (Fsp3) is 0.235. The van der Waals surface area contributed by atoms with Gasteiger partial charge in [-0.1, -0.05) is 41.4 Å². The van der Waals surface area contributed by atoms with Gasteiger partial charge >= 0.3 is 0 Å². The van der Waals surface area contributed by atoms with Crippen LogP contribution in [0.3, 0.4) is 0 Å². The zero-order valence-corrected chi connectivity index (χ0v) is 12.6. The van der Waals surface area contributed by atoms with Gasteiger partial charge in [-0.2, -0.15) is 0 Å². The SMILES string of the molecule is Cc1ccc(C(=O)COc2cc(Cl)ccc2C)c(C)c1. The Hall–Kier alpha value is -1.80. The molecular formula is C17H17ClO2. The first-order chi connectivity index (χ1) is 9.47. The number of carbonyl (C=O) groups is 1. The molecule has 2 aromatic carbocycles. The Morgan fingerprint density at radius 3 is 2.50 bits per heavy atom. The molecule has 0 unspecified atom stereocenters. The third-order valence-electron chi connectivity index (χ3n) is 3.19. The van der Waals surface area contributed by atoms with Crippen LogP contribution < -0.4 is 4.74 Å². The topological polar surface area (TPSA) is 26.3 Å². The first-order valence-corrected chi connectivity index (χ1v) is 6.84. The van der Waals surface area contributed by atoms with E-state index in [1.54, 1.807) is 12.1 Å². The lowest BCUT2D eigenvalue weighted by atomic mass is 10.0. The van der Waals surface area contributed by atoms with Crippen molar-refractivity contribution in [3.8, 4) is 5.75 Å². The van der Waals surface area contributed by atoms with E-state index in [4.69, 9.17) is 16.3 Å². The van der Waals surface area contributed by atoms with Crippen LogP contribution >= 0.6 is 11.6 Å². The van der Waals surface area contributed by atoms with Gasteiger partial charge in [0.2, 0.25) is 0 Å². The van der Waals surface area contributed by atoms with Gasteiger partial charge in [-0.05, 0) is 44.0 Å². The van der Waals surface area contributed by atoms with Crippen molar-refractivity contribution in [1.82, 2.24) is 0 Å². The predicted molar refractivity (Wildman–Crippen MR) is 81.9 cm³/mol. The number of ether oxygens (including phenoxy) is 1. The molecule has 0 N–H and O–H groups in total. The second kappa shape index (κ2) is 6.10. The minimum absolute atomic E-state index is 0.0189. The number of ketones is 1. The highest BCUT2D eigenvalue weighted by atomic mass is 35.5. The van der Waals surface area contributed by atoms with Crippen LogP contribution in [0.2, 0.25) is 5.02 Å². The summed E-state index contributed by atoms with van der Waals surface area (Å²) < 4.78 is 5.59. The van der Waals surface area contributed by atoms with Gasteiger partial charge in [-0.3, -0.25) is 4.79 Å². The molecule has 20 heavy (non-hydrogen) atoms. The van der Waals surface area contributed by atoms with Crippen LogP contribution in [0.1, 0.15) is 27.0 Å². The van der Waals surface area contributed by atoms with Crippen LogP contribution in [0.5, 0.6) is 5.75 Å². The largest absolute Gasteiger partial charge is 0.485 e. The van der Waals surface area contributed by atoms with Crippen molar-refractivity contribution >= 4 is 17.4 Å². The predicted octanol–water partition coefficient (Wildman–Crippen LogP) is 4.53. The molecule has 0 saturated heterocycles. The summed E-state index contributed by atoms with van der Waals surface area (Å²) in [5, 5.41) is 0.601. The molecule has 0 spiro atoms. The van der Waals surface area contributed by atoms with Gasteiger partial charge in [0, 0.05) is 10.6 Å². The summed E-state index contributed by atoms with van der Waals surface area (Å²) in [6.07, 6.45) is 0. The molecule has 0 atom stereocenters. The van der Waals surface area contributed by atoms with Crippen molar-refractivity contribution in [1.29, 1.82) is 0 Å². The molecule has 0 bridgehead atoms. The standard InChI is InChI=1S/C17H17ClO2/c1-11-4-7-15(13(3)8-11)16(19)10-20-17-9-14(18)6-5-12(17)2/h4-9H,10H2,1-3H3. The molecule has 0 saturated carbocycles. The van der Waals surface area contributed by atoms with E-state index in [-0.39, 0.29) is 12.4 Å². The van der Waals surface area contributed by atoms with E-state index >= 15 is 0 Å². The number of carbonyl (C=O) groups excluding carboxylic acids is 1. The molecule has 0 radical (unpaired) electrons. The van der Waals surface area contributed by atoms with Crippen molar-refractivity contribution in [2.24, 2.45) is 0 Å². The Labute approximate surface area is 124 Å². The summed E-state index contributed by atoms with van der Waals surface area (Å²) in [4.78, 5) is 12.2. The Morgan fingerprint density at radius 1 is 1.05 bits per heavy atom. The van der Waals surface area contributed by atoms with Crippen LogP contribution in [0, 0.1) is 20.8 Å². The summed E-state index contributed by atoms with van der Waals surface area (Å²) in [5.41, 5.74) is 3.78. The third kappa shape index (κ3) is 3.40. The van der Waals surface area contributed by atoms with Gasteiger partial charge in [0.25, 0.3) is 0 Å². The summed E-state index contributed by atoms with van der Waals surface area (Å²) in [5.74, 6) is 0.623. The summed E-state index contributed by atoms with van der Waals surface area (Å²) >= 11 is 5.93. The van der Waals surface area contributed by atoms with Crippen molar-refractivity contribution in [2.75, 3.05) is 6.61 Å².